The third-order valence-corrected chi connectivity index (χ3v) is 9.63. The van der Waals surface area contributed by atoms with Crippen LogP contribution in [0.3, 0.4) is 0 Å². The number of hydrogen-bond acceptors (Lipinski definition) is 4. The van der Waals surface area contributed by atoms with Gasteiger partial charge in [-0.25, -0.2) is 0 Å². The van der Waals surface area contributed by atoms with Crippen molar-refractivity contribution >= 4 is 11.9 Å². The Morgan fingerprint density at radius 2 is 1.73 bits per heavy atom. The van der Waals surface area contributed by atoms with E-state index in [2.05, 4.69) is 13.8 Å². The van der Waals surface area contributed by atoms with Crippen molar-refractivity contribution in [3.05, 3.63) is 0 Å². The lowest BCUT2D eigenvalue weighted by Crippen LogP contribution is -2.60. The van der Waals surface area contributed by atoms with Crippen molar-refractivity contribution in [2.45, 2.75) is 70.5 Å². The van der Waals surface area contributed by atoms with Gasteiger partial charge in [0.15, 0.2) is 0 Å². The zero-order chi connectivity index (χ0) is 17.8. The maximum atomic E-state index is 13.4. The summed E-state index contributed by atoms with van der Waals surface area (Å²) in [6, 6.07) is 0. The highest BCUT2D eigenvalue weighted by Gasteiger charge is 2.68. The average Bonchev–Trinajstić information content (AvgIpc) is 3.22. The molecule has 1 aliphatic heterocycles. The minimum absolute atomic E-state index is 0.0582. The van der Waals surface area contributed by atoms with Gasteiger partial charge in [0.2, 0.25) is 0 Å². The Labute approximate surface area is 155 Å². The van der Waals surface area contributed by atoms with E-state index in [1.165, 1.54) is 32.1 Å². The third-order valence-electron chi connectivity index (χ3n) is 9.63. The molecule has 4 heteroatoms. The number of ether oxygens (including phenoxy) is 2. The average molecular weight is 358 g/mol. The molecule has 1 saturated heterocycles. The molecule has 7 rings (SSSR count). The highest BCUT2D eigenvalue weighted by Crippen LogP contribution is 2.63. The van der Waals surface area contributed by atoms with Crippen LogP contribution in [0.1, 0.15) is 58.8 Å². The van der Waals surface area contributed by atoms with Crippen LogP contribution in [0.5, 0.6) is 0 Å². The largest absolute Gasteiger partial charge is 0.462 e. The normalized spacial score (nSPS) is 58.3. The fourth-order valence-electron chi connectivity index (χ4n) is 8.76. The molecule has 0 N–H and O–H groups in total. The molecule has 6 unspecified atom stereocenters. The molecule has 4 nitrogen and oxygen atoms in total. The van der Waals surface area contributed by atoms with E-state index in [4.69, 9.17) is 9.47 Å². The van der Waals surface area contributed by atoms with Crippen LogP contribution in [0.4, 0.5) is 0 Å². The molecule has 0 aromatic heterocycles. The van der Waals surface area contributed by atoms with Gasteiger partial charge in [0.25, 0.3) is 0 Å². The Bertz CT molecular complexity index is 641. The Hall–Kier alpha value is -1.06. The molecule has 0 spiro atoms. The molecule has 6 aliphatic carbocycles. The van der Waals surface area contributed by atoms with Crippen molar-refractivity contribution in [1.29, 1.82) is 0 Å². The number of rotatable bonds is 3. The summed E-state index contributed by atoms with van der Waals surface area (Å²) < 4.78 is 12.1. The molecular weight excluding hydrogens is 328 g/mol. The Morgan fingerprint density at radius 3 is 2.35 bits per heavy atom. The molecule has 0 aromatic rings. The van der Waals surface area contributed by atoms with E-state index in [9.17, 15) is 9.59 Å². The fraction of sp³-hybridized carbons (Fsp3) is 0.909. The Morgan fingerprint density at radius 1 is 1.08 bits per heavy atom. The molecule has 0 aromatic carbocycles. The zero-order valence-corrected chi connectivity index (χ0v) is 15.9. The quantitative estimate of drug-likeness (QED) is 0.724. The molecular formula is C22H30O4. The maximum absolute atomic E-state index is 13.4. The van der Waals surface area contributed by atoms with Crippen molar-refractivity contribution < 1.29 is 19.1 Å². The second kappa shape index (κ2) is 5.05. The van der Waals surface area contributed by atoms with Gasteiger partial charge in [-0.15, -0.1) is 0 Å². The van der Waals surface area contributed by atoms with Crippen LogP contribution in [0.15, 0.2) is 0 Å². The summed E-state index contributed by atoms with van der Waals surface area (Å²) in [6.45, 7) is 4.36. The van der Waals surface area contributed by atoms with Crippen molar-refractivity contribution in [2.24, 2.45) is 53.3 Å². The van der Waals surface area contributed by atoms with Crippen LogP contribution in [0.2, 0.25) is 0 Å². The van der Waals surface area contributed by atoms with Gasteiger partial charge in [-0.05, 0) is 80.5 Å². The first-order chi connectivity index (χ1) is 12.5. The number of hydrogen-bond donors (Lipinski definition) is 0. The van der Waals surface area contributed by atoms with Crippen LogP contribution in [-0.4, -0.2) is 23.6 Å². The van der Waals surface area contributed by atoms with Crippen molar-refractivity contribution in [3.8, 4) is 0 Å². The third kappa shape index (κ3) is 1.77. The highest BCUT2D eigenvalue weighted by atomic mass is 16.6. The molecule has 6 saturated carbocycles. The number of esters is 2. The minimum atomic E-state index is -0.252. The van der Waals surface area contributed by atoms with E-state index in [0.29, 0.717) is 17.8 Å². The van der Waals surface area contributed by atoms with Crippen molar-refractivity contribution in [3.63, 3.8) is 0 Å². The van der Waals surface area contributed by atoms with Crippen LogP contribution in [0, 0.1) is 53.3 Å². The molecule has 7 aliphatic rings. The van der Waals surface area contributed by atoms with E-state index < -0.39 is 0 Å². The van der Waals surface area contributed by atoms with Gasteiger partial charge in [0.05, 0.1) is 11.8 Å². The summed E-state index contributed by atoms with van der Waals surface area (Å²) in [5, 5.41) is 0. The van der Waals surface area contributed by atoms with Gasteiger partial charge < -0.3 is 9.47 Å². The van der Waals surface area contributed by atoms with Gasteiger partial charge in [-0.1, -0.05) is 13.8 Å². The van der Waals surface area contributed by atoms with Gasteiger partial charge in [0, 0.05) is 5.92 Å². The lowest BCUT2D eigenvalue weighted by Gasteiger charge is -2.60. The standard InChI is InChI=1S/C22H30O4/c1-3-22(13-5-11-4-12(7-13)8-14(22)6-11)26-21(24)17-15-9-16-18(17)20(23)25-19(16)10(15)2/h10-19H,3-9H2,1-2H3. The predicted octanol–water partition coefficient (Wildman–Crippen LogP) is 3.58. The lowest BCUT2D eigenvalue weighted by atomic mass is 9.49. The summed E-state index contributed by atoms with van der Waals surface area (Å²) in [7, 11) is 0. The lowest BCUT2D eigenvalue weighted by molar-refractivity contribution is -0.217. The van der Waals surface area contributed by atoms with Crippen molar-refractivity contribution in [2.75, 3.05) is 0 Å². The number of carbonyl (C=O) groups is 2. The van der Waals surface area contributed by atoms with Gasteiger partial charge in [0.1, 0.15) is 11.7 Å². The van der Waals surface area contributed by atoms with Crippen LogP contribution < -0.4 is 0 Å². The van der Waals surface area contributed by atoms with Crippen LogP contribution in [0.25, 0.3) is 0 Å². The minimum Gasteiger partial charge on any atom is -0.462 e. The maximum Gasteiger partial charge on any atom is 0.310 e. The summed E-state index contributed by atoms with van der Waals surface area (Å²) >= 11 is 0. The van der Waals surface area contributed by atoms with Gasteiger partial charge in [-0.2, -0.15) is 0 Å². The van der Waals surface area contributed by atoms with Crippen molar-refractivity contribution in [1.82, 2.24) is 0 Å². The summed E-state index contributed by atoms with van der Waals surface area (Å²) in [6.07, 6.45) is 8.34. The van der Waals surface area contributed by atoms with Gasteiger partial charge in [-0.3, -0.25) is 9.59 Å². The number of carbonyl (C=O) groups excluding carboxylic acids is 2. The molecule has 26 heavy (non-hydrogen) atoms. The zero-order valence-electron chi connectivity index (χ0n) is 15.9. The Balaban J connectivity index is 1.29. The van der Waals surface area contributed by atoms with E-state index in [-0.39, 0.29) is 47.3 Å². The first-order valence-corrected chi connectivity index (χ1v) is 10.9. The molecule has 6 bridgehead atoms. The molecule has 1 heterocycles. The first kappa shape index (κ1) is 15.9. The van der Waals surface area contributed by atoms with E-state index >= 15 is 0 Å². The SMILES string of the molecule is CCC1(OC(=O)C2C3CC4C(OC(=O)C42)C3C)C2CC3CC(C2)CC1C3. The molecule has 0 amide bonds. The summed E-state index contributed by atoms with van der Waals surface area (Å²) in [5.41, 5.74) is -0.252. The fourth-order valence-corrected chi connectivity index (χ4v) is 8.76. The molecule has 0 radical (unpaired) electrons. The first-order valence-electron chi connectivity index (χ1n) is 10.9. The highest BCUT2D eigenvalue weighted by molar-refractivity contribution is 5.86. The van der Waals surface area contributed by atoms with Crippen LogP contribution in [-0.2, 0) is 19.1 Å². The monoisotopic (exact) mass is 358 g/mol. The van der Waals surface area contributed by atoms with E-state index in [1.807, 2.05) is 0 Å². The molecule has 142 valence electrons. The molecule has 7 fully saturated rings. The summed E-state index contributed by atoms with van der Waals surface area (Å²) in [4.78, 5) is 25.8. The second-order valence-electron chi connectivity index (χ2n) is 10.4. The Kier molecular flexibility index (Phi) is 3.10. The molecule has 6 atom stereocenters. The second-order valence-corrected chi connectivity index (χ2v) is 10.4. The predicted molar refractivity (Wildman–Crippen MR) is 93.8 cm³/mol. The van der Waals surface area contributed by atoms with Crippen LogP contribution >= 0.6 is 0 Å². The topological polar surface area (TPSA) is 52.6 Å². The number of fused-ring (bicyclic) bond motifs is 1. The van der Waals surface area contributed by atoms with E-state index in [1.54, 1.807) is 0 Å². The van der Waals surface area contributed by atoms with Gasteiger partial charge >= 0.3 is 11.9 Å². The smallest absolute Gasteiger partial charge is 0.310 e. The van der Waals surface area contributed by atoms with E-state index in [0.717, 1.165) is 24.7 Å². The summed E-state index contributed by atoms with van der Waals surface area (Å²) in [5.74, 6) is 2.99.